The number of benzene rings is 3. The van der Waals surface area contributed by atoms with Gasteiger partial charge in [-0.05, 0) is 75.1 Å². The lowest BCUT2D eigenvalue weighted by Crippen LogP contribution is -2.46. The monoisotopic (exact) mass is 806 g/mol. The SMILES string of the molecule is CS(=O)(=O)O.Cc1cc(C)c2cccc(OCc3c(Cl)ccc(S(=O)(=O)N4CCC[C@H]4C(=O)NCCCNC(=O)c4ccc(C(=N)N)cc4)c3Cl)c2n1. The van der Waals surface area contributed by atoms with E-state index in [-0.39, 0.29) is 46.4 Å². The first-order valence-corrected chi connectivity index (χ1v) is 20.3. The highest BCUT2D eigenvalue weighted by atomic mass is 35.5. The minimum absolute atomic E-state index is 0.0687. The number of rotatable bonds is 12. The zero-order valence-corrected chi connectivity index (χ0v) is 32.3. The highest BCUT2D eigenvalue weighted by molar-refractivity contribution is 7.89. The molecule has 1 saturated heterocycles. The Labute approximate surface area is 318 Å². The van der Waals surface area contributed by atoms with Gasteiger partial charge in [0.25, 0.3) is 16.0 Å². The van der Waals surface area contributed by atoms with Crippen LogP contribution in [0.3, 0.4) is 0 Å². The van der Waals surface area contributed by atoms with Crippen LogP contribution in [0.25, 0.3) is 10.9 Å². The lowest BCUT2D eigenvalue weighted by molar-refractivity contribution is -0.124. The van der Waals surface area contributed by atoms with Crippen molar-refractivity contribution in [2.75, 3.05) is 25.9 Å². The van der Waals surface area contributed by atoms with E-state index in [2.05, 4.69) is 15.6 Å². The number of aryl methyl sites for hydroxylation is 2. The number of amides is 2. The number of amidine groups is 1. The molecule has 53 heavy (non-hydrogen) atoms. The molecule has 0 radical (unpaired) electrons. The van der Waals surface area contributed by atoms with Crippen LogP contribution in [0.4, 0.5) is 0 Å². The molecule has 284 valence electrons. The number of carbonyl (C=O) groups excluding carboxylic acids is 2. The Bertz CT molecular complexity index is 2230. The molecule has 2 amide bonds. The van der Waals surface area contributed by atoms with Gasteiger partial charge >= 0.3 is 0 Å². The van der Waals surface area contributed by atoms with Gasteiger partial charge < -0.3 is 21.1 Å². The molecule has 3 aromatic carbocycles. The van der Waals surface area contributed by atoms with E-state index in [0.717, 1.165) is 16.6 Å². The van der Waals surface area contributed by atoms with Crippen molar-refractivity contribution in [2.24, 2.45) is 5.73 Å². The molecule has 0 unspecified atom stereocenters. The molecule has 1 atom stereocenters. The van der Waals surface area contributed by atoms with E-state index in [1.165, 1.54) is 16.4 Å². The van der Waals surface area contributed by atoms with Crippen molar-refractivity contribution in [1.29, 1.82) is 5.41 Å². The van der Waals surface area contributed by atoms with Gasteiger partial charge in [0.2, 0.25) is 15.9 Å². The molecular weight excluding hydrogens is 767 g/mol. The molecular formula is C35H40Cl2N6O8S2. The number of nitrogen functional groups attached to an aromatic ring is 1. The van der Waals surface area contributed by atoms with Crippen LogP contribution < -0.4 is 21.1 Å². The maximum absolute atomic E-state index is 13.9. The summed E-state index contributed by atoms with van der Waals surface area (Å²) in [4.78, 5) is 30.0. The molecule has 0 spiro atoms. The summed E-state index contributed by atoms with van der Waals surface area (Å²) >= 11 is 13.2. The third-order valence-electron chi connectivity index (χ3n) is 8.15. The summed E-state index contributed by atoms with van der Waals surface area (Å²) in [5.41, 5.74) is 9.26. The molecule has 5 rings (SSSR count). The highest BCUT2D eigenvalue weighted by Crippen LogP contribution is 2.36. The Morgan fingerprint density at radius 3 is 2.32 bits per heavy atom. The van der Waals surface area contributed by atoms with Gasteiger partial charge in [0.15, 0.2) is 0 Å². The zero-order chi connectivity index (χ0) is 39.1. The van der Waals surface area contributed by atoms with E-state index in [0.29, 0.717) is 60.0 Å². The summed E-state index contributed by atoms with van der Waals surface area (Å²) in [5, 5.41) is 14.1. The number of para-hydroxylation sites is 1. The normalized spacial score (nSPS) is 14.6. The second-order valence-corrected chi connectivity index (χ2v) is 16.4. The van der Waals surface area contributed by atoms with Gasteiger partial charge in [-0.2, -0.15) is 12.7 Å². The van der Waals surface area contributed by atoms with E-state index in [9.17, 15) is 26.4 Å². The zero-order valence-electron chi connectivity index (χ0n) is 29.1. The molecule has 14 nitrogen and oxygen atoms in total. The Morgan fingerprint density at radius 1 is 1.02 bits per heavy atom. The van der Waals surface area contributed by atoms with Crippen LogP contribution in [0.15, 0.2) is 65.6 Å². The molecule has 18 heteroatoms. The first kappa shape index (κ1) is 41.4. The number of sulfonamides is 1. The van der Waals surface area contributed by atoms with Crippen molar-refractivity contribution in [2.45, 2.75) is 50.7 Å². The van der Waals surface area contributed by atoms with Gasteiger partial charge in [0.05, 0.1) is 11.3 Å². The molecule has 2 heterocycles. The van der Waals surface area contributed by atoms with E-state index < -0.39 is 32.1 Å². The summed E-state index contributed by atoms with van der Waals surface area (Å²) in [6.45, 7) is 4.48. The maximum atomic E-state index is 13.9. The van der Waals surface area contributed by atoms with Crippen molar-refractivity contribution >= 4 is 71.9 Å². The molecule has 1 aromatic heterocycles. The number of halogens is 2. The maximum Gasteiger partial charge on any atom is 0.261 e. The number of hydrogen-bond acceptors (Lipinski definition) is 9. The first-order chi connectivity index (χ1) is 24.9. The van der Waals surface area contributed by atoms with Crippen LogP contribution in [0.1, 0.15) is 52.0 Å². The second-order valence-electron chi connectivity index (χ2n) is 12.3. The molecule has 0 saturated carbocycles. The summed E-state index contributed by atoms with van der Waals surface area (Å²) < 4.78 is 61.0. The number of carbonyl (C=O) groups is 2. The highest BCUT2D eigenvalue weighted by Gasteiger charge is 2.40. The van der Waals surface area contributed by atoms with Crippen molar-refractivity contribution in [1.82, 2.24) is 19.9 Å². The predicted molar refractivity (Wildman–Crippen MR) is 204 cm³/mol. The van der Waals surface area contributed by atoms with Crippen LogP contribution in [0.2, 0.25) is 10.0 Å². The standard InChI is InChI=1S/C34H36Cl2N6O5S.CH4O3S/c1-20-18-21(2)41-31-24(20)6-3-8-28(31)47-19-25-26(35)13-14-29(30(25)36)48(45,46)42-17-4-7-27(42)34(44)40-16-5-15-39-33(43)23-11-9-22(10-12-23)32(37)38;1-5(2,3)4/h3,6,8-14,18,27H,4-5,7,15-17,19H2,1-2H3,(H3,37,38)(H,39,43)(H,40,44);1H3,(H,2,3,4)/t27-;/m0./s1. The molecule has 1 aliphatic heterocycles. The number of hydrogen-bond donors (Lipinski definition) is 5. The van der Waals surface area contributed by atoms with Gasteiger partial charge in [-0.15, -0.1) is 0 Å². The second kappa shape index (κ2) is 17.7. The lowest BCUT2D eigenvalue weighted by atomic mass is 10.1. The van der Waals surface area contributed by atoms with E-state index >= 15 is 0 Å². The van der Waals surface area contributed by atoms with Crippen LogP contribution >= 0.6 is 23.2 Å². The fourth-order valence-electron chi connectivity index (χ4n) is 5.67. The van der Waals surface area contributed by atoms with E-state index in [1.54, 1.807) is 30.3 Å². The molecule has 6 N–H and O–H groups in total. The number of fused-ring (bicyclic) bond motifs is 1. The number of aromatic nitrogens is 1. The number of ether oxygens (including phenoxy) is 1. The van der Waals surface area contributed by atoms with Crippen molar-refractivity contribution in [3.8, 4) is 5.75 Å². The minimum atomic E-state index is -4.18. The number of nitrogens with zero attached hydrogens (tertiary/aromatic N) is 2. The summed E-state index contributed by atoms with van der Waals surface area (Å²) in [6.07, 6.45) is 2.00. The number of nitrogens with two attached hydrogens (primary N) is 1. The van der Waals surface area contributed by atoms with Crippen LogP contribution in [0, 0.1) is 19.3 Å². The Hall–Kier alpha value is -4.32. The predicted octanol–water partition coefficient (Wildman–Crippen LogP) is 4.61. The number of nitrogens with one attached hydrogen (secondary N) is 3. The fraction of sp³-hybridized carbons (Fsp3) is 0.314. The molecule has 0 aliphatic carbocycles. The Kier molecular flexibility index (Phi) is 13.8. The molecule has 4 aromatic rings. The smallest absolute Gasteiger partial charge is 0.261 e. The fourth-order valence-corrected chi connectivity index (χ4v) is 8.19. The average Bonchev–Trinajstić information content (AvgIpc) is 3.59. The third kappa shape index (κ3) is 10.9. The van der Waals surface area contributed by atoms with Crippen LogP contribution in [0.5, 0.6) is 5.75 Å². The summed E-state index contributed by atoms with van der Waals surface area (Å²) in [6, 6.07) is 15.8. The van der Waals surface area contributed by atoms with Crippen LogP contribution in [-0.2, 0) is 31.5 Å². The van der Waals surface area contributed by atoms with Gasteiger partial charge in [-0.3, -0.25) is 19.6 Å². The van der Waals surface area contributed by atoms with E-state index in [1.807, 2.05) is 32.0 Å². The lowest BCUT2D eigenvalue weighted by Gasteiger charge is -2.24. The van der Waals surface area contributed by atoms with Gasteiger partial charge in [0, 0.05) is 52.4 Å². The Morgan fingerprint density at radius 2 is 1.66 bits per heavy atom. The van der Waals surface area contributed by atoms with Crippen molar-refractivity contribution in [3.05, 3.63) is 98.7 Å². The average molecular weight is 808 g/mol. The minimum Gasteiger partial charge on any atom is -0.487 e. The summed E-state index contributed by atoms with van der Waals surface area (Å²) in [7, 11) is -7.85. The first-order valence-electron chi connectivity index (χ1n) is 16.3. The van der Waals surface area contributed by atoms with Crippen molar-refractivity contribution in [3.63, 3.8) is 0 Å². The quantitative estimate of drug-likeness (QED) is 0.0579. The molecule has 1 aliphatic rings. The van der Waals surface area contributed by atoms with Gasteiger partial charge in [-0.25, -0.2) is 13.4 Å². The Balaban J connectivity index is 0.00000117. The van der Waals surface area contributed by atoms with Gasteiger partial charge in [-0.1, -0.05) is 47.5 Å². The summed E-state index contributed by atoms with van der Waals surface area (Å²) in [5.74, 6) is -0.297. The van der Waals surface area contributed by atoms with E-state index in [4.69, 9.17) is 43.6 Å². The van der Waals surface area contributed by atoms with Crippen LogP contribution in [-0.4, -0.2) is 80.3 Å². The largest absolute Gasteiger partial charge is 0.487 e. The number of pyridine rings is 1. The molecule has 1 fully saturated rings. The molecule has 0 bridgehead atoms. The van der Waals surface area contributed by atoms with Gasteiger partial charge in [0.1, 0.15) is 34.6 Å². The third-order valence-corrected chi connectivity index (χ3v) is 11.0. The van der Waals surface area contributed by atoms with Crippen molar-refractivity contribution < 1.29 is 35.7 Å². The topological polar surface area (TPSA) is 222 Å².